The zero-order valence-corrected chi connectivity index (χ0v) is 5.46. The van der Waals surface area contributed by atoms with Crippen molar-refractivity contribution in [3.63, 3.8) is 0 Å². The van der Waals surface area contributed by atoms with Crippen molar-refractivity contribution in [1.82, 2.24) is 9.44 Å². The normalized spacial score (nSPS) is 11.8. The van der Waals surface area contributed by atoms with Gasteiger partial charge in [-0.25, -0.2) is 9.44 Å². The lowest BCUT2D eigenvalue weighted by atomic mass is 10.8. The second kappa shape index (κ2) is 3.01. The van der Waals surface area contributed by atoms with E-state index in [4.69, 9.17) is 0 Å². The first kappa shape index (κ1) is 7.87. The van der Waals surface area contributed by atoms with Crippen LogP contribution in [0.3, 0.4) is 0 Å². The summed E-state index contributed by atoms with van der Waals surface area (Å²) in [5, 5.41) is 0. The molecule has 5 heteroatoms. The maximum absolute atomic E-state index is 10.3. The van der Waals surface area contributed by atoms with Gasteiger partial charge in [-0.3, -0.25) is 0 Å². The summed E-state index contributed by atoms with van der Waals surface area (Å²) in [5.41, 5.74) is 0. The Morgan fingerprint density at radius 1 is 1.62 bits per heavy atom. The van der Waals surface area contributed by atoms with Crippen LogP contribution < -0.4 is 9.44 Å². The van der Waals surface area contributed by atoms with E-state index in [2.05, 4.69) is 16.4 Å². The molecule has 0 atom stereocenters. The van der Waals surface area contributed by atoms with E-state index in [-0.39, 0.29) is 6.54 Å². The van der Waals surface area contributed by atoms with E-state index in [1.807, 2.05) is 0 Å². The highest BCUT2D eigenvalue weighted by atomic mass is 32.2. The molecule has 0 saturated carbocycles. The Morgan fingerprint density at radius 2 is 2.12 bits per heavy atom. The van der Waals surface area contributed by atoms with Crippen LogP contribution >= 0.6 is 0 Å². The van der Waals surface area contributed by atoms with Gasteiger partial charge in [-0.15, -0.1) is 0 Å². The molecule has 1 radical (unpaired) electrons. The van der Waals surface area contributed by atoms with Crippen molar-refractivity contribution in [2.75, 3.05) is 13.6 Å². The van der Waals surface area contributed by atoms with E-state index in [1.165, 1.54) is 7.05 Å². The number of hydrogen-bond acceptors (Lipinski definition) is 2. The van der Waals surface area contributed by atoms with Gasteiger partial charge >= 0.3 is 0 Å². The molecule has 0 unspecified atom stereocenters. The van der Waals surface area contributed by atoms with Crippen LogP contribution in [0.5, 0.6) is 0 Å². The Hall–Kier alpha value is -0.130. The van der Waals surface area contributed by atoms with Crippen molar-refractivity contribution in [2.45, 2.75) is 0 Å². The number of rotatable bonds is 3. The zero-order chi connectivity index (χ0) is 6.62. The van der Waals surface area contributed by atoms with Crippen molar-refractivity contribution >= 4 is 10.2 Å². The van der Waals surface area contributed by atoms with Gasteiger partial charge in [0.15, 0.2) is 0 Å². The summed E-state index contributed by atoms with van der Waals surface area (Å²) in [5.74, 6) is 0. The summed E-state index contributed by atoms with van der Waals surface area (Å²) in [6.07, 6.45) is 0. The van der Waals surface area contributed by atoms with Crippen LogP contribution in [0.4, 0.5) is 0 Å². The van der Waals surface area contributed by atoms with Crippen LogP contribution in [0.25, 0.3) is 0 Å². The van der Waals surface area contributed by atoms with Gasteiger partial charge in [0.1, 0.15) is 0 Å². The second-order valence-electron chi connectivity index (χ2n) is 1.10. The Balaban J connectivity index is 3.76. The predicted molar refractivity (Wildman–Crippen MR) is 31.3 cm³/mol. The fourth-order valence-electron chi connectivity index (χ4n) is 0.207. The molecule has 0 amide bonds. The minimum Gasteiger partial charge on any atom is -0.205 e. The molecule has 0 heterocycles. The van der Waals surface area contributed by atoms with Gasteiger partial charge in [0.25, 0.3) is 10.2 Å². The molecular formula is C3H9N2O2S. The molecular weight excluding hydrogens is 128 g/mol. The molecule has 0 aromatic heterocycles. The molecule has 0 bridgehead atoms. The summed E-state index contributed by atoms with van der Waals surface area (Å²) < 4.78 is 24.9. The van der Waals surface area contributed by atoms with Crippen molar-refractivity contribution in [2.24, 2.45) is 0 Å². The minimum atomic E-state index is -3.23. The Labute approximate surface area is 49.5 Å². The van der Waals surface area contributed by atoms with Crippen LogP contribution in [0.15, 0.2) is 0 Å². The maximum atomic E-state index is 10.3. The molecule has 0 rings (SSSR count). The summed E-state index contributed by atoms with van der Waals surface area (Å²) in [6, 6.07) is 0. The average Bonchev–Trinajstić information content (AvgIpc) is 1.67. The molecule has 0 saturated heterocycles. The van der Waals surface area contributed by atoms with E-state index in [0.29, 0.717) is 0 Å². The van der Waals surface area contributed by atoms with Crippen molar-refractivity contribution in [3.05, 3.63) is 6.92 Å². The van der Waals surface area contributed by atoms with Gasteiger partial charge in [-0.05, 0) is 6.92 Å². The molecule has 0 aromatic carbocycles. The lowest BCUT2D eigenvalue weighted by Gasteiger charge is -1.98. The first-order valence-corrected chi connectivity index (χ1v) is 3.58. The van der Waals surface area contributed by atoms with Crippen LogP contribution in [0.2, 0.25) is 0 Å². The first-order chi connectivity index (χ1) is 3.62. The highest BCUT2D eigenvalue weighted by molar-refractivity contribution is 7.87. The van der Waals surface area contributed by atoms with Gasteiger partial charge in [-0.1, -0.05) is 0 Å². The van der Waals surface area contributed by atoms with Crippen LogP contribution in [0.1, 0.15) is 0 Å². The van der Waals surface area contributed by atoms with Crippen LogP contribution in [0, 0.1) is 6.92 Å². The molecule has 0 aliphatic heterocycles. The third kappa shape index (κ3) is 2.95. The van der Waals surface area contributed by atoms with E-state index >= 15 is 0 Å². The Bertz CT molecular complexity index is 139. The van der Waals surface area contributed by atoms with Gasteiger partial charge < -0.3 is 0 Å². The van der Waals surface area contributed by atoms with E-state index < -0.39 is 10.2 Å². The van der Waals surface area contributed by atoms with Gasteiger partial charge in [-0.2, -0.15) is 8.42 Å². The number of hydrogen-bond donors (Lipinski definition) is 2. The van der Waals surface area contributed by atoms with Crippen molar-refractivity contribution in [1.29, 1.82) is 0 Å². The minimum absolute atomic E-state index is 0.170. The smallest absolute Gasteiger partial charge is 0.205 e. The Kier molecular flexibility index (Phi) is 2.96. The summed E-state index contributed by atoms with van der Waals surface area (Å²) >= 11 is 0. The molecule has 8 heavy (non-hydrogen) atoms. The van der Waals surface area contributed by atoms with Crippen LogP contribution in [-0.2, 0) is 10.2 Å². The topological polar surface area (TPSA) is 58.2 Å². The standard InChI is InChI=1S/C3H9N2O2S/c1-3-5-8(6,7)4-2/h4-5H,1,3H2,2H3. The monoisotopic (exact) mass is 137 g/mol. The maximum Gasteiger partial charge on any atom is 0.276 e. The van der Waals surface area contributed by atoms with E-state index in [0.717, 1.165) is 0 Å². The molecule has 0 aliphatic rings. The van der Waals surface area contributed by atoms with Gasteiger partial charge in [0, 0.05) is 13.6 Å². The third-order valence-electron chi connectivity index (χ3n) is 0.561. The van der Waals surface area contributed by atoms with Gasteiger partial charge in [0.05, 0.1) is 0 Å². The quantitative estimate of drug-likeness (QED) is 0.517. The summed E-state index contributed by atoms with van der Waals surface area (Å²) in [4.78, 5) is 0. The fourth-order valence-corrected chi connectivity index (χ4v) is 0.620. The van der Waals surface area contributed by atoms with E-state index in [1.54, 1.807) is 0 Å². The van der Waals surface area contributed by atoms with Gasteiger partial charge in [0.2, 0.25) is 0 Å². The molecule has 0 aromatic rings. The SMILES string of the molecule is [CH2]CNS(=O)(=O)NC. The highest BCUT2D eigenvalue weighted by Crippen LogP contribution is 1.67. The predicted octanol–water partition coefficient (Wildman–Crippen LogP) is -1.13. The molecule has 0 spiro atoms. The van der Waals surface area contributed by atoms with E-state index in [9.17, 15) is 8.42 Å². The third-order valence-corrected chi connectivity index (χ3v) is 1.68. The highest BCUT2D eigenvalue weighted by Gasteiger charge is 1.99. The molecule has 0 fully saturated rings. The van der Waals surface area contributed by atoms with Crippen LogP contribution in [-0.4, -0.2) is 22.0 Å². The largest absolute Gasteiger partial charge is 0.276 e. The molecule has 49 valence electrons. The molecule has 2 N–H and O–H groups in total. The molecule has 0 aliphatic carbocycles. The number of nitrogens with one attached hydrogen (secondary N) is 2. The summed E-state index contributed by atoms with van der Waals surface area (Å²) in [7, 11) is -1.90. The lowest BCUT2D eigenvalue weighted by molar-refractivity contribution is 0.577. The van der Waals surface area contributed by atoms with Crippen molar-refractivity contribution in [3.8, 4) is 0 Å². The van der Waals surface area contributed by atoms with Crippen molar-refractivity contribution < 1.29 is 8.42 Å². The fraction of sp³-hybridized carbons (Fsp3) is 0.667. The summed E-state index contributed by atoms with van der Waals surface area (Å²) in [6.45, 7) is 3.46. The lowest BCUT2D eigenvalue weighted by Crippen LogP contribution is -2.33. The molecule has 4 nitrogen and oxygen atoms in total. The average molecular weight is 137 g/mol. The first-order valence-electron chi connectivity index (χ1n) is 2.10. The zero-order valence-electron chi connectivity index (χ0n) is 4.64. The second-order valence-corrected chi connectivity index (χ2v) is 2.81. The Morgan fingerprint density at radius 3 is 2.25 bits per heavy atom.